The summed E-state index contributed by atoms with van der Waals surface area (Å²) < 4.78 is 22.7. The summed E-state index contributed by atoms with van der Waals surface area (Å²) in [4.78, 5) is 15.4. The van der Waals surface area contributed by atoms with E-state index in [9.17, 15) is 4.79 Å². The summed E-state index contributed by atoms with van der Waals surface area (Å²) in [6.07, 6.45) is 2.44. The lowest BCUT2D eigenvalue weighted by atomic mass is 9.97. The molecular formula is C25H34N2O5S. The van der Waals surface area contributed by atoms with Gasteiger partial charge in [-0.05, 0) is 64.9 Å². The molecule has 1 saturated carbocycles. The summed E-state index contributed by atoms with van der Waals surface area (Å²) in [5.41, 5.74) is 4.51. The van der Waals surface area contributed by atoms with Crippen molar-refractivity contribution in [2.45, 2.75) is 44.9 Å². The highest BCUT2D eigenvalue weighted by Gasteiger charge is 2.37. The second-order valence-electron chi connectivity index (χ2n) is 8.58. The average molecular weight is 475 g/mol. The van der Waals surface area contributed by atoms with Crippen LogP contribution in [0.15, 0.2) is 22.9 Å². The Morgan fingerprint density at radius 3 is 2.67 bits per heavy atom. The molecule has 2 fully saturated rings. The van der Waals surface area contributed by atoms with Crippen molar-refractivity contribution < 1.29 is 23.7 Å². The standard InChI is InChI=1S/C25H34N2O5S/c1-17-15-33-16-21(17)20-12-22(30-3)23(31-9-4-8-29-2)11-18(20)14-27(19-5-6-19)25(28)24-13-26-7-10-32-24/h11-12,15-16,19,24,26H,4-10,13-14H2,1-3H3. The molecule has 33 heavy (non-hydrogen) atoms. The molecule has 1 aliphatic carbocycles. The Labute approximate surface area is 200 Å². The van der Waals surface area contributed by atoms with Crippen LogP contribution in [-0.4, -0.2) is 70.1 Å². The van der Waals surface area contributed by atoms with Gasteiger partial charge < -0.3 is 29.2 Å². The number of amides is 1. The molecule has 2 heterocycles. The number of benzene rings is 1. The van der Waals surface area contributed by atoms with Crippen LogP contribution >= 0.6 is 11.3 Å². The second-order valence-corrected chi connectivity index (χ2v) is 9.33. The van der Waals surface area contributed by atoms with Crippen LogP contribution in [0.5, 0.6) is 11.5 Å². The van der Waals surface area contributed by atoms with Crippen molar-refractivity contribution in [3.05, 3.63) is 34.0 Å². The first-order valence-corrected chi connectivity index (χ1v) is 12.5. The quantitative estimate of drug-likeness (QED) is 0.502. The van der Waals surface area contributed by atoms with Crippen LogP contribution in [0.3, 0.4) is 0 Å². The summed E-state index contributed by atoms with van der Waals surface area (Å²) in [6.45, 7) is 5.73. The number of thiophene rings is 1. The van der Waals surface area contributed by atoms with Gasteiger partial charge in [0, 0.05) is 45.8 Å². The highest BCUT2D eigenvalue weighted by atomic mass is 32.1. The number of hydrogen-bond donors (Lipinski definition) is 1. The summed E-state index contributed by atoms with van der Waals surface area (Å²) in [5.74, 6) is 1.45. The molecule has 1 amide bonds. The van der Waals surface area contributed by atoms with E-state index in [1.807, 2.05) is 17.0 Å². The minimum atomic E-state index is -0.423. The van der Waals surface area contributed by atoms with Gasteiger partial charge in [-0.3, -0.25) is 4.79 Å². The maximum atomic E-state index is 13.4. The number of hydrogen-bond acceptors (Lipinski definition) is 7. The molecule has 0 bridgehead atoms. The molecule has 7 nitrogen and oxygen atoms in total. The smallest absolute Gasteiger partial charge is 0.253 e. The fourth-order valence-corrected chi connectivity index (χ4v) is 4.99. The lowest BCUT2D eigenvalue weighted by Crippen LogP contribution is -2.49. The molecule has 1 aliphatic heterocycles. The number of methoxy groups -OCH3 is 2. The Balaban J connectivity index is 1.66. The first-order chi connectivity index (χ1) is 16.1. The van der Waals surface area contributed by atoms with Crippen molar-refractivity contribution in [2.24, 2.45) is 0 Å². The van der Waals surface area contributed by atoms with Crippen molar-refractivity contribution in [1.82, 2.24) is 10.2 Å². The average Bonchev–Trinajstić information content (AvgIpc) is 3.60. The summed E-state index contributed by atoms with van der Waals surface area (Å²) in [6, 6.07) is 4.36. The van der Waals surface area contributed by atoms with Gasteiger partial charge in [-0.2, -0.15) is 11.3 Å². The van der Waals surface area contributed by atoms with Crippen LogP contribution in [0.1, 0.15) is 30.4 Å². The summed E-state index contributed by atoms with van der Waals surface area (Å²) >= 11 is 1.68. The second kappa shape index (κ2) is 11.3. The zero-order valence-corrected chi connectivity index (χ0v) is 20.5. The van der Waals surface area contributed by atoms with Crippen LogP contribution < -0.4 is 14.8 Å². The van der Waals surface area contributed by atoms with E-state index in [-0.39, 0.29) is 11.9 Å². The van der Waals surface area contributed by atoms with E-state index in [4.69, 9.17) is 18.9 Å². The van der Waals surface area contributed by atoms with Gasteiger partial charge in [0.05, 0.1) is 20.3 Å². The van der Waals surface area contributed by atoms with E-state index in [0.29, 0.717) is 44.4 Å². The fourth-order valence-electron chi connectivity index (χ4n) is 4.14. The molecule has 0 radical (unpaired) electrons. The van der Waals surface area contributed by atoms with E-state index in [2.05, 4.69) is 23.0 Å². The van der Waals surface area contributed by atoms with Crippen molar-refractivity contribution in [3.8, 4) is 22.6 Å². The third-order valence-corrected chi connectivity index (χ3v) is 6.96. The van der Waals surface area contributed by atoms with E-state index in [1.54, 1.807) is 25.6 Å². The SMILES string of the molecule is COCCCOc1cc(CN(C(=O)C2CNCCO2)C2CC2)c(-c2cscc2C)cc1OC. The van der Waals surface area contributed by atoms with Crippen LogP contribution in [0.4, 0.5) is 0 Å². The number of aryl methyl sites for hydroxylation is 1. The lowest BCUT2D eigenvalue weighted by molar-refractivity contribution is -0.146. The number of rotatable bonds is 11. The lowest BCUT2D eigenvalue weighted by Gasteiger charge is -2.31. The molecule has 1 N–H and O–H groups in total. The van der Waals surface area contributed by atoms with Crippen molar-refractivity contribution >= 4 is 17.2 Å². The maximum absolute atomic E-state index is 13.4. The summed E-state index contributed by atoms with van der Waals surface area (Å²) in [5, 5.41) is 7.58. The van der Waals surface area contributed by atoms with E-state index < -0.39 is 6.10 Å². The number of ether oxygens (including phenoxy) is 4. The minimum absolute atomic E-state index is 0.0658. The van der Waals surface area contributed by atoms with Crippen LogP contribution in [0.2, 0.25) is 0 Å². The number of nitrogens with one attached hydrogen (secondary N) is 1. The molecule has 4 rings (SSSR count). The van der Waals surface area contributed by atoms with Gasteiger partial charge in [0.15, 0.2) is 11.5 Å². The molecule has 1 aromatic carbocycles. The molecule has 8 heteroatoms. The van der Waals surface area contributed by atoms with Crippen LogP contribution in [0.25, 0.3) is 11.1 Å². The summed E-state index contributed by atoms with van der Waals surface area (Å²) in [7, 11) is 3.35. The molecule has 2 aromatic rings. The van der Waals surface area contributed by atoms with Crippen LogP contribution in [0, 0.1) is 6.92 Å². The minimum Gasteiger partial charge on any atom is -0.493 e. The molecule has 0 spiro atoms. The van der Waals surface area contributed by atoms with Crippen molar-refractivity contribution in [2.75, 3.05) is 47.1 Å². The van der Waals surface area contributed by atoms with Gasteiger partial charge in [-0.25, -0.2) is 0 Å². The first-order valence-electron chi connectivity index (χ1n) is 11.6. The largest absolute Gasteiger partial charge is 0.493 e. The third-order valence-electron chi connectivity index (χ3n) is 6.10. The Bertz CT molecular complexity index is 937. The van der Waals surface area contributed by atoms with Gasteiger partial charge in [-0.1, -0.05) is 0 Å². The molecule has 2 aliphatic rings. The third kappa shape index (κ3) is 5.87. The monoisotopic (exact) mass is 474 g/mol. The Hall–Kier alpha value is -2.13. The topological polar surface area (TPSA) is 69.3 Å². The van der Waals surface area contributed by atoms with Gasteiger partial charge in [0.2, 0.25) is 0 Å². The fraction of sp³-hybridized carbons (Fsp3) is 0.560. The number of carbonyl (C=O) groups excluding carboxylic acids is 1. The highest BCUT2D eigenvalue weighted by molar-refractivity contribution is 7.08. The number of morpholine rings is 1. The Morgan fingerprint density at radius 1 is 1.18 bits per heavy atom. The zero-order chi connectivity index (χ0) is 23.2. The van der Waals surface area contributed by atoms with Gasteiger partial charge in [0.25, 0.3) is 5.91 Å². The normalized spacial score (nSPS) is 18.2. The molecular weight excluding hydrogens is 440 g/mol. The predicted molar refractivity (Wildman–Crippen MR) is 129 cm³/mol. The maximum Gasteiger partial charge on any atom is 0.253 e. The van der Waals surface area contributed by atoms with Gasteiger partial charge >= 0.3 is 0 Å². The Kier molecular flexibility index (Phi) is 8.25. The van der Waals surface area contributed by atoms with Crippen molar-refractivity contribution in [3.63, 3.8) is 0 Å². The van der Waals surface area contributed by atoms with Gasteiger partial charge in [-0.15, -0.1) is 0 Å². The molecule has 1 saturated heterocycles. The molecule has 180 valence electrons. The molecule has 1 atom stereocenters. The number of nitrogens with zero attached hydrogens (tertiary/aromatic N) is 1. The van der Waals surface area contributed by atoms with Crippen molar-refractivity contribution in [1.29, 1.82) is 0 Å². The molecule has 1 aromatic heterocycles. The molecule has 1 unspecified atom stereocenters. The Morgan fingerprint density at radius 2 is 2.03 bits per heavy atom. The van der Waals surface area contributed by atoms with E-state index in [1.165, 1.54) is 5.56 Å². The zero-order valence-electron chi connectivity index (χ0n) is 19.7. The first kappa shape index (κ1) is 24.0. The number of carbonyl (C=O) groups is 1. The van der Waals surface area contributed by atoms with Crippen LogP contribution in [-0.2, 0) is 20.8 Å². The predicted octanol–water partition coefficient (Wildman–Crippen LogP) is 3.63. The van der Waals surface area contributed by atoms with Gasteiger partial charge in [0.1, 0.15) is 6.10 Å². The highest BCUT2D eigenvalue weighted by Crippen LogP contribution is 2.40. The van der Waals surface area contributed by atoms with E-state index >= 15 is 0 Å². The van der Waals surface area contributed by atoms with E-state index in [0.717, 1.165) is 42.5 Å².